The molecule has 1 atom stereocenters. The van der Waals surface area contributed by atoms with Crippen LogP contribution in [0.3, 0.4) is 0 Å². The van der Waals surface area contributed by atoms with Gasteiger partial charge in [0.25, 0.3) is 0 Å². The summed E-state index contributed by atoms with van der Waals surface area (Å²) >= 11 is 3.17. The Morgan fingerprint density at radius 1 is 1.56 bits per heavy atom. The quantitative estimate of drug-likeness (QED) is 0.905. The Kier molecular flexibility index (Phi) is 5.09. The van der Waals surface area contributed by atoms with Gasteiger partial charge in [-0.05, 0) is 24.1 Å². The van der Waals surface area contributed by atoms with Gasteiger partial charge in [-0.25, -0.2) is 4.39 Å². The van der Waals surface area contributed by atoms with Crippen molar-refractivity contribution in [2.75, 3.05) is 0 Å². The Bertz CT molecular complexity index is 381. The fourth-order valence-electron chi connectivity index (χ4n) is 1.39. The summed E-state index contributed by atoms with van der Waals surface area (Å²) in [6, 6.07) is 4.59. The predicted molar refractivity (Wildman–Crippen MR) is 65.7 cm³/mol. The van der Waals surface area contributed by atoms with Gasteiger partial charge in [0.05, 0.1) is 0 Å². The molecule has 0 aliphatic heterocycles. The van der Waals surface area contributed by atoms with E-state index in [2.05, 4.69) is 15.9 Å². The Labute approximate surface area is 103 Å². The summed E-state index contributed by atoms with van der Waals surface area (Å²) in [5.41, 5.74) is 6.09. The fourth-order valence-corrected chi connectivity index (χ4v) is 1.72. The van der Waals surface area contributed by atoms with Crippen LogP contribution in [0.15, 0.2) is 22.7 Å². The molecule has 0 bridgehead atoms. The molecule has 0 aliphatic rings. The van der Waals surface area contributed by atoms with Gasteiger partial charge >= 0.3 is 0 Å². The molecule has 88 valence electrons. The first kappa shape index (κ1) is 13.3. The van der Waals surface area contributed by atoms with Crippen LogP contribution in [-0.4, -0.2) is 11.8 Å². The molecule has 1 aromatic carbocycles. The fraction of sp³-hybridized carbons (Fsp3) is 0.417. The van der Waals surface area contributed by atoms with Crippen molar-refractivity contribution in [2.24, 2.45) is 5.73 Å². The van der Waals surface area contributed by atoms with E-state index >= 15 is 0 Å². The van der Waals surface area contributed by atoms with E-state index in [1.807, 2.05) is 6.92 Å². The Morgan fingerprint density at radius 2 is 2.25 bits per heavy atom. The molecule has 4 heteroatoms. The Balaban J connectivity index is 2.63. The van der Waals surface area contributed by atoms with Gasteiger partial charge in [0, 0.05) is 23.4 Å². The van der Waals surface area contributed by atoms with Crippen LogP contribution in [0, 0.1) is 5.82 Å². The van der Waals surface area contributed by atoms with E-state index in [0.717, 1.165) is 6.42 Å². The molecule has 0 fully saturated rings. The summed E-state index contributed by atoms with van der Waals surface area (Å²) in [6.45, 7) is 1.93. The number of hydrogen-bond donors (Lipinski definition) is 1. The molecule has 0 heterocycles. The summed E-state index contributed by atoms with van der Waals surface area (Å²) in [7, 11) is 0. The molecule has 2 N–H and O–H groups in total. The zero-order chi connectivity index (χ0) is 12.1. The van der Waals surface area contributed by atoms with E-state index in [0.29, 0.717) is 16.5 Å². The highest BCUT2D eigenvalue weighted by Gasteiger charge is 2.11. The number of carbonyl (C=O) groups is 1. The lowest BCUT2D eigenvalue weighted by molar-refractivity contribution is -0.118. The van der Waals surface area contributed by atoms with Crippen molar-refractivity contribution < 1.29 is 9.18 Å². The number of benzene rings is 1. The smallest absolute Gasteiger partial charge is 0.138 e. The molecule has 0 amide bonds. The van der Waals surface area contributed by atoms with Crippen LogP contribution >= 0.6 is 15.9 Å². The first-order valence-corrected chi connectivity index (χ1v) is 6.03. The summed E-state index contributed by atoms with van der Waals surface area (Å²) in [6.07, 6.45) is 1.19. The maximum atomic E-state index is 13.4. The van der Waals surface area contributed by atoms with Gasteiger partial charge in [-0.2, -0.15) is 0 Å². The molecule has 1 rings (SSSR count). The molecular weight excluding hydrogens is 273 g/mol. The minimum atomic E-state index is -0.354. The van der Waals surface area contributed by atoms with Crippen molar-refractivity contribution in [1.82, 2.24) is 0 Å². The van der Waals surface area contributed by atoms with Crippen LogP contribution in [0.2, 0.25) is 0 Å². The summed E-state index contributed by atoms with van der Waals surface area (Å²) < 4.78 is 14.1. The van der Waals surface area contributed by atoms with Gasteiger partial charge in [-0.1, -0.05) is 28.9 Å². The lowest BCUT2D eigenvalue weighted by atomic mass is 10.0. The van der Waals surface area contributed by atoms with Gasteiger partial charge in [-0.15, -0.1) is 0 Å². The largest absolute Gasteiger partial charge is 0.327 e. The second kappa shape index (κ2) is 6.11. The van der Waals surface area contributed by atoms with Crippen molar-refractivity contribution in [3.8, 4) is 0 Å². The van der Waals surface area contributed by atoms with Crippen LogP contribution in [0.1, 0.15) is 25.3 Å². The summed E-state index contributed by atoms with van der Waals surface area (Å²) in [5, 5.41) is 0. The van der Waals surface area contributed by atoms with Gasteiger partial charge in [0.15, 0.2) is 0 Å². The second-order valence-corrected chi connectivity index (χ2v) is 4.74. The van der Waals surface area contributed by atoms with Crippen LogP contribution in [-0.2, 0) is 11.2 Å². The molecule has 0 aromatic heterocycles. The van der Waals surface area contributed by atoms with E-state index in [1.165, 1.54) is 6.07 Å². The predicted octanol–water partition coefficient (Wildman–Crippen LogP) is 2.83. The minimum absolute atomic E-state index is 0.0180. The van der Waals surface area contributed by atoms with Crippen molar-refractivity contribution in [2.45, 2.75) is 32.2 Å². The number of halogens is 2. The molecule has 0 radical (unpaired) electrons. The minimum Gasteiger partial charge on any atom is -0.327 e. The van der Waals surface area contributed by atoms with Gasteiger partial charge < -0.3 is 5.73 Å². The number of carbonyl (C=O) groups excluding carboxylic acids is 1. The Morgan fingerprint density at radius 3 is 2.81 bits per heavy atom. The molecule has 0 spiro atoms. The third kappa shape index (κ3) is 4.02. The molecule has 0 aliphatic carbocycles. The third-order valence-electron chi connectivity index (χ3n) is 2.42. The molecular formula is C12H15BrFNO. The highest BCUT2D eigenvalue weighted by Crippen LogP contribution is 2.16. The van der Waals surface area contributed by atoms with Gasteiger partial charge in [0.1, 0.15) is 11.6 Å². The van der Waals surface area contributed by atoms with Crippen molar-refractivity contribution in [1.29, 1.82) is 0 Å². The Hall–Kier alpha value is -0.740. The van der Waals surface area contributed by atoms with Crippen LogP contribution in [0.5, 0.6) is 0 Å². The number of ketones is 1. The van der Waals surface area contributed by atoms with E-state index in [-0.39, 0.29) is 24.1 Å². The summed E-state index contributed by atoms with van der Waals surface area (Å²) in [5.74, 6) is -0.372. The number of hydrogen-bond acceptors (Lipinski definition) is 2. The maximum absolute atomic E-state index is 13.4. The van der Waals surface area contributed by atoms with E-state index < -0.39 is 0 Å². The molecule has 1 unspecified atom stereocenters. The van der Waals surface area contributed by atoms with E-state index in [1.54, 1.807) is 12.1 Å². The SMILES string of the molecule is CCC(N)CC(=O)Cc1ccc(Br)cc1F. The molecule has 2 nitrogen and oxygen atoms in total. The van der Waals surface area contributed by atoms with Gasteiger partial charge in [0.2, 0.25) is 0 Å². The van der Waals surface area contributed by atoms with Crippen LogP contribution in [0.25, 0.3) is 0 Å². The van der Waals surface area contributed by atoms with Gasteiger partial charge in [-0.3, -0.25) is 4.79 Å². The third-order valence-corrected chi connectivity index (χ3v) is 2.91. The topological polar surface area (TPSA) is 43.1 Å². The normalized spacial score (nSPS) is 12.5. The second-order valence-electron chi connectivity index (χ2n) is 3.82. The monoisotopic (exact) mass is 287 g/mol. The zero-order valence-electron chi connectivity index (χ0n) is 9.17. The maximum Gasteiger partial charge on any atom is 0.138 e. The lowest BCUT2D eigenvalue weighted by Gasteiger charge is -2.08. The first-order valence-electron chi connectivity index (χ1n) is 5.24. The highest BCUT2D eigenvalue weighted by molar-refractivity contribution is 9.10. The average molecular weight is 288 g/mol. The zero-order valence-corrected chi connectivity index (χ0v) is 10.8. The number of rotatable bonds is 5. The van der Waals surface area contributed by atoms with Crippen LogP contribution < -0.4 is 5.73 Å². The first-order chi connectivity index (χ1) is 7.52. The standard InChI is InChI=1S/C12H15BrFNO/c1-2-10(15)7-11(16)5-8-3-4-9(13)6-12(8)14/h3-4,6,10H,2,5,7,15H2,1H3. The number of nitrogens with two attached hydrogens (primary N) is 1. The van der Waals surface area contributed by atoms with Crippen LogP contribution in [0.4, 0.5) is 4.39 Å². The lowest BCUT2D eigenvalue weighted by Crippen LogP contribution is -2.23. The molecule has 0 saturated heterocycles. The van der Waals surface area contributed by atoms with Crippen molar-refractivity contribution >= 4 is 21.7 Å². The highest BCUT2D eigenvalue weighted by atomic mass is 79.9. The van der Waals surface area contributed by atoms with Crippen molar-refractivity contribution in [3.05, 3.63) is 34.1 Å². The van der Waals surface area contributed by atoms with E-state index in [4.69, 9.17) is 5.73 Å². The molecule has 16 heavy (non-hydrogen) atoms. The van der Waals surface area contributed by atoms with Crippen molar-refractivity contribution in [3.63, 3.8) is 0 Å². The number of Topliss-reactive ketones (excluding diaryl/α,β-unsaturated/α-hetero) is 1. The van der Waals surface area contributed by atoms with E-state index in [9.17, 15) is 9.18 Å². The summed E-state index contributed by atoms with van der Waals surface area (Å²) in [4.78, 5) is 11.6. The average Bonchev–Trinajstić information content (AvgIpc) is 2.22. The molecule has 0 saturated carbocycles. The molecule has 1 aromatic rings.